The predicted molar refractivity (Wildman–Crippen MR) is 74.4 cm³/mol. The van der Waals surface area contributed by atoms with Crippen molar-refractivity contribution >= 4 is 0 Å². The highest BCUT2D eigenvalue weighted by Crippen LogP contribution is 2.31. The van der Waals surface area contributed by atoms with Crippen LogP contribution < -0.4 is 5.73 Å². The summed E-state index contributed by atoms with van der Waals surface area (Å²) in [6.07, 6.45) is -4.08. The van der Waals surface area contributed by atoms with E-state index in [2.05, 4.69) is 0 Å². The van der Waals surface area contributed by atoms with E-state index in [-0.39, 0.29) is 12.5 Å². The SMILES string of the molecule is N[C@H](CCF)c1ccc(-c2ccc(C(F)(F)F)cc2)cc1. The highest BCUT2D eigenvalue weighted by molar-refractivity contribution is 5.64. The van der Waals surface area contributed by atoms with Crippen LogP contribution in [0.1, 0.15) is 23.6 Å². The lowest BCUT2D eigenvalue weighted by Crippen LogP contribution is -2.10. The van der Waals surface area contributed by atoms with E-state index in [1.165, 1.54) is 12.1 Å². The summed E-state index contributed by atoms with van der Waals surface area (Å²) in [5.74, 6) is 0. The zero-order chi connectivity index (χ0) is 15.5. The first-order valence-corrected chi connectivity index (χ1v) is 6.51. The number of rotatable bonds is 4. The van der Waals surface area contributed by atoms with Crippen molar-refractivity contribution in [2.75, 3.05) is 6.67 Å². The van der Waals surface area contributed by atoms with Crippen LogP contribution in [0.5, 0.6) is 0 Å². The summed E-state index contributed by atoms with van der Waals surface area (Å²) < 4.78 is 49.7. The topological polar surface area (TPSA) is 26.0 Å². The second-order valence-electron chi connectivity index (χ2n) is 4.78. The van der Waals surface area contributed by atoms with Crippen LogP contribution in [-0.2, 0) is 6.18 Å². The van der Waals surface area contributed by atoms with E-state index >= 15 is 0 Å². The van der Waals surface area contributed by atoms with E-state index in [1.54, 1.807) is 24.3 Å². The summed E-state index contributed by atoms with van der Waals surface area (Å²) in [5.41, 5.74) is 7.41. The maximum Gasteiger partial charge on any atom is 0.416 e. The lowest BCUT2D eigenvalue weighted by Gasteiger charge is -2.11. The van der Waals surface area contributed by atoms with Gasteiger partial charge in [-0.1, -0.05) is 36.4 Å². The summed E-state index contributed by atoms with van der Waals surface area (Å²) in [4.78, 5) is 0. The van der Waals surface area contributed by atoms with Gasteiger partial charge in [-0.05, 0) is 35.2 Å². The molecule has 112 valence electrons. The third kappa shape index (κ3) is 3.82. The Morgan fingerprint density at radius 2 is 1.33 bits per heavy atom. The van der Waals surface area contributed by atoms with Gasteiger partial charge in [0.05, 0.1) is 12.2 Å². The normalized spacial score (nSPS) is 13.2. The number of benzene rings is 2. The molecule has 0 unspecified atom stereocenters. The van der Waals surface area contributed by atoms with Crippen molar-refractivity contribution < 1.29 is 17.6 Å². The second kappa shape index (κ2) is 6.26. The van der Waals surface area contributed by atoms with Gasteiger partial charge in [0.2, 0.25) is 0 Å². The maximum absolute atomic E-state index is 12.5. The zero-order valence-electron chi connectivity index (χ0n) is 11.2. The van der Waals surface area contributed by atoms with Crippen LogP contribution in [-0.4, -0.2) is 6.67 Å². The molecular formula is C16H15F4N. The summed E-state index contributed by atoms with van der Waals surface area (Å²) in [7, 11) is 0. The molecule has 5 heteroatoms. The van der Waals surface area contributed by atoms with Gasteiger partial charge < -0.3 is 5.73 Å². The molecule has 0 aliphatic rings. The number of halogens is 4. The summed E-state index contributed by atoms with van der Waals surface area (Å²) in [6.45, 7) is -0.484. The molecule has 0 saturated heterocycles. The molecule has 2 aromatic carbocycles. The van der Waals surface area contributed by atoms with Gasteiger partial charge in [0.15, 0.2) is 0 Å². The molecule has 0 spiro atoms. The molecule has 2 aromatic rings. The number of alkyl halides is 4. The first-order chi connectivity index (χ1) is 9.91. The largest absolute Gasteiger partial charge is 0.416 e. The minimum absolute atomic E-state index is 0.250. The number of hydrogen-bond donors (Lipinski definition) is 1. The average Bonchev–Trinajstić information content (AvgIpc) is 2.47. The van der Waals surface area contributed by atoms with Crippen molar-refractivity contribution in [1.29, 1.82) is 0 Å². The molecule has 0 saturated carbocycles. The maximum atomic E-state index is 12.5. The third-order valence-electron chi connectivity index (χ3n) is 3.30. The van der Waals surface area contributed by atoms with Gasteiger partial charge in [-0.3, -0.25) is 4.39 Å². The highest BCUT2D eigenvalue weighted by atomic mass is 19.4. The lowest BCUT2D eigenvalue weighted by molar-refractivity contribution is -0.137. The van der Waals surface area contributed by atoms with E-state index in [4.69, 9.17) is 5.73 Å². The molecule has 1 nitrogen and oxygen atoms in total. The fourth-order valence-electron chi connectivity index (χ4n) is 2.06. The molecule has 0 bridgehead atoms. The Labute approximate surface area is 120 Å². The molecule has 0 aliphatic carbocycles. The molecule has 0 fully saturated rings. The smallest absolute Gasteiger partial charge is 0.324 e. The predicted octanol–water partition coefficient (Wildman–Crippen LogP) is 4.73. The highest BCUT2D eigenvalue weighted by Gasteiger charge is 2.29. The first kappa shape index (κ1) is 15.5. The van der Waals surface area contributed by atoms with Gasteiger partial charge in [-0.25, -0.2) is 0 Å². The monoisotopic (exact) mass is 297 g/mol. The quantitative estimate of drug-likeness (QED) is 0.811. The Kier molecular flexibility index (Phi) is 4.63. The van der Waals surface area contributed by atoms with Crippen LogP contribution in [0.3, 0.4) is 0 Å². The molecule has 2 N–H and O–H groups in total. The number of hydrogen-bond acceptors (Lipinski definition) is 1. The lowest BCUT2D eigenvalue weighted by atomic mass is 9.99. The van der Waals surface area contributed by atoms with Crippen LogP contribution in [0.15, 0.2) is 48.5 Å². The van der Waals surface area contributed by atoms with Gasteiger partial charge in [0.1, 0.15) is 0 Å². The number of nitrogens with two attached hydrogens (primary N) is 1. The molecule has 21 heavy (non-hydrogen) atoms. The van der Waals surface area contributed by atoms with Gasteiger partial charge in [-0.15, -0.1) is 0 Å². The second-order valence-corrected chi connectivity index (χ2v) is 4.78. The van der Waals surface area contributed by atoms with Crippen LogP contribution in [0.25, 0.3) is 11.1 Å². The molecule has 0 aliphatic heterocycles. The van der Waals surface area contributed by atoms with Crippen LogP contribution >= 0.6 is 0 Å². The standard InChI is InChI=1S/C16H15F4N/c17-10-9-15(21)13-3-1-11(2-4-13)12-5-7-14(8-6-12)16(18,19)20/h1-8,15H,9-10,21H2/t15-/m1/s1. The minimum atomic E-state index is -4.33. The van der Waals surface area contributed by atoms with E-state index < -0.39 is 18.4 Å². The van der Waals surface area contributed by atoms with Crippen molar-refractivity contribution in [3.63, 3.8) is 0 Å². The van der Waals surface area contributed by atoms with Gasteiger partial charge in [0, 0.05) is 6.04 Å². The molecule has 0 radical (unpaired) electrons. The van der Waals surface area contributed by atoms with E-state index in [0.29, 0.717) is 5.56 Å². The fraction of sp³-hybridized carbons (Fsp3) is 0.250. The Morgan fingerprint density at radius 3 is 1.76 bits per heavy atom. The van der Waals surface area contributed by atoms with Crippen molar-refractivity contribution in [2.24, 2.45) is 5.73 Å². The van der Waals surface area contributed by atoms with Crippen molar-refractivity contribution in [1.82, 2.24) is 0 Å². The molecule has 0 amide bonds. The first-order valence-electron chi connectivity index (χ1n) is 6.51. The summed E-state index contributed by atoms with van der Waals surface area (Å²) in [5, 5.41) is 0. The van der Waals surface area contributed by atoms with E-state index in [0.717, 1.165) is 23.3 Å². The van der Waals surface area contributed by atoms with Gasteiger partial charge in [-0.2, -0.15) is 13.2 Å². The van der Waals surface area contributed by atoms with Crippen LogP contribution in [0, 0.1) is 0 Å². The Balaban J connectivity index is 2.19. The molecule has 0 heterocycles. The van der Waals surface area contributed by atoms with E-state index in [1.807, 2.05) is 0 Å². The van der Waals surface area contributed by atoms with Crippen molar-refractivity contribution in [3.8, 4) is 11.1 Å². The van der Waals surface area contributed by atoms with Crippen molar-refractivity contribution in [3.05, 3.63) is 59.7 Å². The van der Waals surface area contributed by atoms with Crippen LogP contribution in [0.2, 0.25) is 0 Å². The van der Waals surface area contributed by atoms with Crippen molar-refractivity contribution in [2.45, 2.75) is 18.6 Å². The Morgan fingerprint density at radius 1 is 0.857 bits per heavy atom. The minimum Gasteiger partial charge on any atom is -0.324 e. The summed E-state index contributed by atoms with van der Waals surface area (Å²) in [6, 6.07) is 11.7. The zero-order valence-corrected chi connectivity index (χ0v) is 11.2. The Bertz CT molecular complexity index is 573. The Hall–Kier alpha value is -1.88. The van der Waals surface area contributed by atoms with Gasteiger partial charge >= 0.3 is 6.18 Å². The fourth-order valence-corrected chi connectivity index (χ4v) is 2.06. The van der Waals surface area contributed by atoms with E-state index in [9.17, 15) is 17.6 Å². The average molecular weight is 297 g/mol. The summed E-state index contributed by atoms with van der Waals surface area (Å²) >= 11 is 0. The molecule has 2 rings (SSSR count). The third-order valence-corrected chi connectivity index (χ3v) is 3.30. The molecule has 1 atom stereocenters. The molecule has 0 aromatic heterocycles. The van der Waals surface area contributed by atoms with Crippen LogP contribution in [0.4, 0.5) is 17.6 Å². The molecular weight excluding hydrogens is 282 g/mol. The van der Waals surface area contributed by atoms with Gasteiger partial charge in [0.25, 0.3) is 0 Å².